The van der Waals surface area contributed by atoms with E-state index in [2.05, 4.69) is 44.5 Å². The van der Waals surface area contributed by atoms with Crippen molar-refractivity contribution in [2.75, 3.05) is 7.05 Å². The monoisotopic (exact) mass is 256 g/mol. The van der Waals surface area contributed by atoms with E-state index in [-0.39, 0.29) is 0 Å². The van der Waals surface area contributed by atoms with Crippen LogP contribution in [-0.4, -0.2) is 13.1 Å². The van der Waals surface area contributed by atoms with E-state index < -0.39 is 0 Å². The minimum absolute atomic E-state index is 0.603. The van der Waals surface area contributed by atoms with E-state index in [0.717, 1.165) is 12.8 Å². The highest BCUT2D eigenvalue weighted by Crippen LogP contribution is 2.06. The number of nitrogens with one attached hydrogen (secondary N) is 1. The first-order chi connectivity index (χ1) is 8.74. The van der Waals surface area contributed by atoms with E-state index in [4.69, 9.17) is 0 Å². The van der Waals surface area contributed by atoms with Gasteiger partial charge in [-0.3, -0.25) is 0 Å². The molecule has 110 valence electrons. The van der Waals surface area contributed by atoms with Crippen molar-refractivity contribution >= 4 is 0 Å². The van der Waals surface area contributed by atoms with Crippen LogP contribution in [0.25, 0.3) is 0 Å². The number of hydrogen-bond acceptors (Lipinski definition) is 2. The molecular formula is C16H36N2. The van der Waals surface area contributed by atoms with Gasteiger partial charge in [-0.05, 0) is 40.2 Å². The number of unbranched alkanes of at least 4 members (excludes halogenated alkanes) is 1. The summed E-state index contributed by atoms with van der Waals surface area (Å²) in [7, 11) is 1.50. The Morgan fingerprint density at radius 3 is 2.28 bits per heavy atom. The molecule has 0 bridgehead atoms. The Labute approximate surface area is 116 Å². The van der Waals surface area contributed by atoms with Gasteiger partial charge < -0.3 is 11.1 Å². The van der Waals surface area contributed by atoms with Crippen LogP contribution < -0.4 is 11.1 Å². The predicted molar refractivity (Wildman–Crippen MR) is 86.8 cm³/mol. The maximum absolute atomic E-state index is 4.50. The number of hydrogen-bond donors (Lipinski definition) is 2. The molecular weight excluding hydrogens is 220 g/mol. The summed E-state index contributed by atoms with van der Waals surface area (Å²) in [6.07, 6.45) is 10.2. The van der Waals surface area contributed by atoms with Crippen molar-refractivity contribution in [1.29, 1.82) is 0 Å². The quantitative estimate of drug-likeness (QED) is 0.622. The predicted octanol–water partition coefficient (Wildman–Crippen LogP) is 4.63. The summed E-state index contributed by atoms with van der Waals surface area (Å²) in [5, 5.41) is 3.55. The van der Waals surface area contributed by atoms with Gasteiger partial charge in [-0.1, -0.05) is 45.8 Å². The van der Waals surface area contributed by atoms with Gasteiger partial charge in [-0.15, -0.1) is 6.58 Å². The van der Waals surface area contributed by atoms with Gasteiger partial charge >= 0.3 is 0 Å². The molecule has 0 saturated heterocycles. The third-order valence-corrected chi connectivity index (χ3v) is 2.39. The van der Waals surface area contributed by atoms with Crippen molar-refractivity contribution < 1.29 is 0 Å². The maximum atomic E-state index is 4.50. The highest BCUT2D eigenvalue weighted by molar-refractivity contribution is 5.00. The molecule has 0 amide bonds. The van der Waals surface area contributed by atoms with Crippen molar-refractivity contribution in [2.24, 2.45) is 5.73 Å². The van der Waals surface area contributed by atoms with Gasteiger partial charge in [0.05, 0.1) is 0 Å². The molecule has 0 aliphatic carbocycles. The van der Waals surface area contributed by atoms with Gasteiger partial charge in [-0.2, -0.15) is 0 Å². The van der Waals surface area contributed by atoms with Gasteiger partial charge in [0, 0.05) is 11.7 Å². The molecule has 0 spiro atoms. The minimum Gasteiger partial charge on any atom is -0.386 e. The Kier molecular flexibility index (Phi) is 26.8. The van der Waals surface area contributed by atoms with Crippen LogP contribution in [0.4, 0.5) is 0 Å². The summed E-state index contributed by atoms with van der Waals surface area (Å²) in [5.41, 5.74) is 5.86. The molecule has 2 nitrogen and oxygen atoms in total. The van der Waals surface area contributed by atoms with Crippen LogP contribution in [0, 0.1) is 0 Å². The molecule has 1 unspecified atom stereocenters. The average Bonchev–Trinajstić information content (AvgIpc) is 2.45. The fraction of sp³-hybridized carbons (Fsp3) is 0.750. The van der Waals surface area contributed by atoms with Gasteiger partial charge in [-0.25, -0.2) is 0 Å². The smallest absolute Gasteiger partial charge is 0.0229 e. The fourth-order valence-electron chi connectivity index (χ4n) is 1.46. The molecule has 0 aliphatic rings. The molecule has 0 aromatic rings. The summed E-state index contributed by atoms with van der Waals surface area (Å²) in [4.78, 5) is 0. The lowest BCUT2D eigenvalue weighted by molar-refractivity contribution is 0.529. The summed E-state index contributed by atoms with van der Waals surface area (Å²) in [6, 6.07) is 0.603. The highest BCUT2D eigenvalue weighted by atomic mass is 14.9. The van der Waals surface area contributed by atoms with Crippen LogP contribution in [0.3, 0.4) is 0 Å². The molecule has 0 aromatic carbocycles. The third kappa shape index (κ3) is 17.6. The molecule has 18 heavy (non-hydrogen) atoms. The van der Waals surface area contributed by atoms with Crippen LogP contribution in [0.1, 0.15) is 66.7 Å². The first-order valence-electron chi connectivity index (χ1n) is 7.34. The van der Waals surface area contributed by atoms with E-state index >= 15 is 0 Å². The normalized spacial score (nSPS) is 11.4. The zero-order chi connectivity index (χ0) is 14.8. The summed E-state index contributed by atoms with van der Waals surface area (Å²) in [5.74, 6) is 0. The van der Waals surface area contributed by atoms with Crippen molar-refractivity contribution in [3.05, 3.63) is 24.4 Å². The van der Waals surface area contributed by atoms with Crippen LogP contribution in [-0.2, 0) is 0 Å². The minimum atomic E-state index is 0.603. The lowest BCUT2D eigenvalue weighted by Crippen LogP contribution is -2.25. The van der Waals surface area contributed by atoms with Gasteiger partial charge in [0.1, 0.15) is 0 Å². The second kappa shape index (κ2) is 21.5. The molecule has 0 aromatic heterocycles. The van der Waals surface area contributed by atoms with Gasteiger partial charge in [0.15, 0.2) is 0 Å². The zero-order valence-corrected chi connectivity index (χ0v) is 13.6. The standard InChI is InChI=1S/C13H25N.C2H6.CH5N/c1-5-8-10-12(4)14-13(7-3)11-9-6-2;2*1-2/h6-7,12,14H,2,5,8-11H2,1,3-4H3;1-2H3;2H2,1H3/b13-7+;;. The topological polar surface area (TPSA) is 38.0 Å². The maximum Gasteiger partial charge on any atom is 0.0229 e. The number of rotatable bonds is 8. The molecule has 0 saturated carbocycles. The first kappa shape index (κ1) is 22.4. The average molecular weight is 256 g/mol. The summed E-state index contributed by atoms with van der Waals surface area (Å²) >= 11 is 0. The van der Waals surface area contributed by atoms with Crippen LogP contribution in [0.2, 0.25) is 0 Å². The van der Waals surface area contributed by atoms with E-state index in [1.54, 1.807) is 0 Å². The number of nitrogens with two attached hydrogens (primary N) is 1. The SMILES string of the molecule is C=CCC/C(=C\C)NC(C)CCCC.CC.CN. The molecule has 2 heteroatoms. The summed E-state index contributed by atoms with van der Waals surface area (Å²) in [6.45, 7) is 14.3. The Hall–Kier alpha value is -0.760. The molecule has 0 fully saturated rings. The molecule has 0 heterocycles. The van der Waals surface area contributed by atoms with Crippen LogP contribution >= 0.6 is 0 Å². The van der Waals surface area contributed by atoms with E-state index in [1.165, 1.54) is 32.0 Å². The van der Waals surface area contributed by atoms with E-state index in [0.29, 0.717) is 6.04 Å². The zero-order valence-electron chi connectivity index (χ0n) is 13.6. The second-order valence-corrected chi connectivity index (χ2v) is 3.83. The fourth-order valence-corrected chi connectivity index (χ4v) is 1.46. The Morgan fingerprint density at radius 2 is 1.89 bits per heavy atom. The Balaban J connectivity index is -0.000000506. The number of allylic oxidation sites excluding steroid dienone is 3. The van der Waals surface area contributed by atoms with Crippen molar-refractivity contribution in [1.82, 2.24) is 5.32 Å². The third-order valence-electron chi connectivity index (χ3n) is 2.39. The lowest BCUT2D eigenvalue weighted by Gasteiger charge is -2.17. The Bertz CT molecular complexity index is 174. The molecule has 0 rings (SSSR count). The van der Waals surface area contributed by atoms with Crippen LogP contribution in [0.15, 0.2) is 24.4 Å². The van der Waals surface area contributed by atoms with Gasteiger partial charge in [0.25, 0.3) is 0 Å². The Morgan fingerprint density at radius 1 is 1.33 bits per heavy atom. The van der Waals surface area contributed by atoms with Gasteiger partial charge in [0.2, 0.25) is 0 Å². The lowest BCUT2D eigenvalue weighted by atomic mass is 10.1. The highest BCUT2D eigenvalue weighted by Gasteiger charge is 2.01. The van der Waals surface area contributed by atoms with Crippen LogP contribution in [0.5, 0.6) is 0 Å². The largest absolute Gasteiger partial charge is 0.386 e. The first-order valence-corrected chi connectivity index (χ1v) is 7.34. The summed E-state index contributed by atoms with van der Waals surface area (Å²) < 4.78 is 0. The molecule has 3 N–H and O–H groups in total. The molecule has 0 aliphatic heterocycles. The van der Waals surface area contributed by atoms with E-state index in [9.17, 15) is 0 Å². The molecule has 1 atom stereocenters. The van der Waals surface area contributed by atoms with E-state index in [1.807, 2.05) is 19.9 Å². The van der Waals surface area contributed by atoms with Crippen molar-refractivity contribution in [3.63, 3.8) is 0 Å². The van der Waals surface area contributed by atoms with Crippen molar-refractivity contribution in [2.45, 2.75) is 72.8 Å². The second-order valence-electron chi connectivity index (χ2n) is 3.83. The van der Waals surface area contributed by atoms with Crippen molar-refractivity contribution in [3.8, 4) is 0 Å². The molecule has 0 radical (unpaired) electrons.